The summed E-state index contributed by atoms with van der Waals surface area (Å²) < 4.78 is 21.0. The van der Waals surface area contributed by atoms with Crippen LogP contribution in [0.5, 0.6) is 34.5 Å². The zero-order valence-corrected chi connectivity index (χ0v) is 26.7. The number of rotatable bonds is 12. The first-order valence-corrected chi connectivity index (χ1v) is 15.4. The monoisotopic (exact) mass is 651 g/mol. The Bertz CT molecular complexity index is 1440. The third-order valence-corrected chi connectivity index (χ3v) is 7.06. The van der Waals surface area contributed by atoms with Crippen molar-refractivity contribution in [2.24, 2.45) is 0 Å². The molecule has 1 aliphatic rings. The quantitative estimate of drug-likeness (QED) is 0.111. The van der Waals surface area contributed by atoms with Gasteiger partial charge in [-0.3, -0.25) is 0 Å². The van der Waals surface area contributed by atoms with E-state index in [0.29, 0.717) is 25.4 Å². The van der Waals surface area contributed by atoms with Crippen LogP contribution in [-0.4, -0.2) is 77.2 Å². The summed E-state index contributed by atoms with van der Waals surface area (Å²) in [5.74, 6) is -0.0294. The van der Waals surface area contributed by atoms with E-state index in [9.17, 15) is 30.6 Å². The van der Waals surface area contributed by atoms with Gasteiger partial charge in [0.15, 0.2) is 36.3 Å². The molecule has 1 aromatic heterocycles. The minimum absolute atomic E-state index is 0.0114. The smallest absolute Gasteiger partial charge is 0.197 e. The molecule has 4 unspecified atom stereocenters. The van der Waals surface area contributed by atoms with Crippen molar-refractivity contribution < 1.29 is 49.6 Å². The van der Waals surface area contributed by atoms with Crippen LogP contribution in [0.1, 0.15) is 53.4 Å². The first-order valence-electron chi connectivity index (χ1n) is 15.4. The van der Waals surface area contributed by atoms with E-state index < -0.39 is 18.9 Å². The van der Waals surface area contributed by atoms with Gasteiger partial charge in [0.1, 0.15) is 34.5 Å². The highest BCUT2D eigenvalue weighted by Crippen LogP contribution is 2.38. The Kier molecular flexibility index (Phi) is 12.1. The number of phenols is 3. The van der Waals surface area contributed by atoms with Crippen LogP contribution in [0, 0.1) is 0 Å². The zero-order valence-electron chi connectivity index (χ0n) is 26.7. The van der Waals surface area contributed by atoms with Crippen LogP contribution in [0.15, 0.2) is 54.6 Å². The van der Waals surface area contributed by atoms with E-state index in [-0.39, 0.29) is 68.7 Å². The maximum atomic E-state index is 10.8. The molecule has 1 saturated heterocycles. The van der Waals surface area contributed by atoms with Gasteiger partial charge in [0.25, 0.3) is 0 Å². The Balaban J connectivity index is 0.000000912. The summed E-state index contributed by atoms with van der Waals surface area (Å²) in [6.45, 7) is 8.30. The molecule has 1 aliphatic heterocycles. The van der Waals surface area contributed by atoms with Gasteiger partial charge in [-0.1, -0.05) is 20.8 Å². The van der Waals surface area contributed by atoms with Crippen LogP contribution in [0.4, 0.5) is 0 Å². The van der Waals surface area contributed by atoms with Gasteiger partial charge in [0.05, 0.1) is 22.8 Å². The summed E-state index contributed by atoms with van der Waals surface area (Å²) in [5.41, 5.74) is 0.567. The molecule has 0 spiro atoms. The fraction of sp³-hybridized carbons (Fsp3) is 0.382. The number of ether oxygens (including phenoxy) is 4. The van der Waals surface area contributed by atoms with Crippen molar-refractivity contribution in [3.05, 3.63) is 54.6 Å². The molecule has 5 rings (SSSR count). The van der Waals surface area contributed by atoms with Gasteiger partial charge in [-0.05, 0) is 49.7 Å². The highest BCUT2D eigenvalue weighted by molar-refractivity contribution is 5.74. The van der Waals surface area contributed by atoms with Gasteiger partial charge in [0, 0.05) is 44.1 Å². The zero-order chi connectivity index (χ0) is 34.1. The minimum atomic E-state index is -1.05. The van der Waals surface area contributed by atoms with Crippen molar-refractivity contribution in [3.8, 4) is 68.7 Å². The lowest BCUT2D eigenvalue weighted by Crippen LogP contribution is -2.22. The summed E-state index contributed by atoms with van der Waals surface area (Å²) in [7, 11) is 0. The predicted molar refractivity (Wildman–Crippen MR) is 172 cm³/mol. The Morgan fingerprint density at radius 2 is 0.894 bits per heavy atom. The fourth-order valence-electron chi connectivity index (χ4n) is 4.13. The molecule has 4 atom stereocenters. The van der Waals surface area contributed by atoms with Crippen molar-refractivity contribution in [1.82, 2.24) is 15.0 Å². The van der Waals surface area contributed by atoms with Crippen LogP contribution in [0.25, 0.3) is 34.2 Å². The van der Waals surface area contributed by atoms with E-state index >= 15 is 0 Å². The standard InChI is InChI=1S/C30H33N3O9.C4H8O/c1-4-25(37)40-16-7-10-19(22(34)13-16)28-31-29(20-11-8-17(14-23(20)35)41-26(38)5-2)33-30(32-28)21-12-9-18(15-24(21)36)42-27(39)6-3;1-4-2-3-5-4/h7-15,25-27,34-39H,4-6H2,1-3H3;4H,2-3H2,1H3. The molecule has 0 aliphatic carbocycles. The van der Waals surface area contributed by atoms with Gasteiger partial charge in [-0.15, -0.1) is 0 Å². The van der Waals surface area contributed by atoms with Gasteiger partial charge in [-0.2, -0.15) is 0 Å². The normalized spacial score (nSPS) is 15.8. The SMILES string of the molecule is CC1CCO1.CCC(O)Oc1ccc(-c2nc(-c3ccc(OC(O)CC)cc3O)nc(-c3ccc(OC(O)CC)cc3O)n2)c(O)c1. The van der Waals surface area contributed by atoms with Crippen LogP contribution < -0.4 is 14.2 Å². The number of nitrogens with zero attached hydrogens (tertiary/aromatic N) is 3. The Morgan fingerprint density at radius 3 is 1.09 bits per heavy atom. The second kappa shape index (κ2) is 16.2. The van der Waals surface area contributed by atoms with Crippen LogP contribution >= 0.6 is 0 Å². The molecule has 4 aromatic rings. The average molecular weight is 652 g/mol. The van der Waals surface area contributed by atoms with E-state index in [4.69, 9.17) is 18.9 Å². The second-order valence-electron chi connectivity index (χ2n) is 10.8. The molecule has 13 nitrogen and oxygen atoms in total. The molecular formula is C34H41N3O10. The Hall–Kier alpha value is -4.69. The highest BCUT2D eigenvalue weighted by atomic mass is 16.6. The largest absolute Gasteiger partial charge is 0.507 e. The molecule has 47 heavy (non-hydrogen) atoms. The predicted octanol–water partition coefficient (Wildman–Crippen LogP) is 5.11. The second-order valence-corrected chi connectivity index (χ2v) is 10.8. The van der Waals surface area contributed by atoms with Crippen molar-refractivity contribution in [3.63, 3.8) is 0 Å². The number of benzene rings is 3. The molecular weight excluding hydrogens is 610 g/mol. The van der Waals surface area contributed by atoms with E-state index in [0.717, 1.165) is 6.61 Å². The summed E-state index contributed by atoms with van der Waals surface area (Å²) >= 11 is 0. The maximum absolute atomic E-state index is 10.8. The number of phenolic OH excluding ortho intramolecular Hbond substituents is 3. The number of aliphatic hydroxyl groups is 3. The van der Waals surface area contributed by atoms with Crippen molar-refractivity contribution in [2.75, 3.05) is 6.61 Å². The van der Waals surface area contributed by atoms with Gasteiger partial charge >= 0.3 is 0 Å². The van der Waals surface area contributed by atoms with Gasteiger partial charge in [-0.25, -0.2) is 15.0 Å². The van der Waals surface area contributed by atoms with E-state index in [2.05, 4.69) is 21.9 Å². The molecule has 2 heterocycles. The lowest BCUT2D eigenvalue weighted by Gasteiger charge is -2.20. The van der Waals surface area contributed by atoms with Crippen LogP contribution in [-0.2, 0) is 4.74 Å². The summed E-state index contributed by atoms with van der Waals surface area (Å²) in [4.78, 5) is 13.4. The van der Waals surface area contributed by atoms with Crippen molar-refractivity contribution >= 4 is 0 Å². The number of aliphatic hydroxyl groups excluding tert-OH is 3. The minimum Gasteiger partial charge on any atom is -0.507 e. The maximum Gasteiger partial charge on any atom is 0.197 e. The summed E-state index contributed by atoms with van der Waals surface area (Å²) in [6.07, 6.45) is -0.281. The number of hydrogen-bond donors (Lipinski definition) is 6. The lowest BCUT2D eigenvalue weighted by molar-refractivity contribution is -0.0375. The Morgan fingerprint density at radius 1 is 0.617 bits per heavy atom. The molecule has 0 radical (unpaired) electrons. The number of aromatic nitrogens is 3. The third kappa shape index (κ3) is 9.42. The van der Waals surface area contributed by atoms with Crippen LogP contribution in [0.3, 0.4) is 0 Å². The molecule has 0 bridgehead atoms. The van der Waals surface area contributed by atoms with Crippen LogP contribution in [0.2, 0.25) is 0 Å². The van der Waals surface area contributed by atoms with Gasteiger partial charge < -0.3 is 49.6 Å². The highest BCUT2D eigenvalue weighted by Gasteiger charge is 2.20. The van der Waals surface area contributed by atoms with E-state index in [1.807, 2.05) is 0 Å². The number of hydrogen-bond acceptors (Lipinski definition) is 13. The topological polar surface area (TPSA) is 197 Å². The Labute approximate surface area is 272 Å². The van der Waals surface area contributed by atoms with Gasteiger partial charge in [0.2, 0.25) is 0 Å². The fourth-order valence-corrected chi connectivity index (χ4v) is 4.13. The molecule has 3 aromatic carbocycles. The molecule has 6 N–H and O–H groups in total. The first-order chi connectivity index (χ1) is 22.5. The molecule has 0 amide bonds. The lowest BCUT2D eigenvalue weighted by atomic mass is 10.1. The van der Waals surface area contributed by atoms with Crippen molar-refractivity contribution in [2.45, 2.75) is 78.4 Å². The summed E-state index contributed by atoms with van der Waals surface area (Å²) in [6, 6.07) is 13.0. The molecule has 252 valence electrons. The molecule has 13 heteroatoms. The summed E-state index contributed by atoms with van der Waals surface area (Å²) in [5, 5.41) is 61.8. The molecule has 0 saturated carbocycles. The molecule has 1 fully saturated rings. The number of aromatic hydroxyl groups is 3. The first kappa shape index (κ1) is 35.2. The van der Waals surface area contributed by atoms with E-state index in [1.165, 1.54) is 61.0 Å². The third-order valence-electron chi connectivity index (χ3n) is 7.06. The average Bonchev–Trinajstić information content (AvgIpc) is 3.03. The van der Waals surface area contributed by atoms with Crippen molar-refractivity contribution in [1.29, 1.82) is 0 Å². The van der Waals surface area contributed by atoms with E-state index in [1.54, 1.807) is 20.8 Å².